The molecule has 8 aromatic carbocycles. The topological polar surface area (TPSA) is 24.9 Å². The fourth-order valence-electron chi connectivity index (χ4n) is 7.23. The first-order valence-electron chi connectivity index (χ1n) is 20.9. The fourth-order valence-corrected chi connectivity index (χ4v) is 7.23. The van der Waals surface area contributed by atoms with Gasteiger partial charge in [-0.25, -0.2) is 0 Å². The summed E-state index contributed by atoms with van der Waals surface area (Å²) in [6, 6.07) is 68.4. The Morgan fingerprint density at radius 3 is 0.629 bits per heavy atom. The minimum absolute atomic E-state index is 0.855. The van der Waals surface area contributed by atoms with Crippen molar-refractivity contribution in [1.29, 1.82) is 0 Å². The van der Waals surface area contributed by atoms with Crippen molar-refractivity contribution in [3.63, 3.8) is 0 Å². The smallest absolute Gasteiger partial charge is 0.118 e. The van der Waals surface area contributed by atoms with E-state index in [0.717, 1.165) is 79.0 Å². The molecule has 304 valence electrons. The lowest BCUT2D eigenvalue weighted by molar-refractivity contribution is 0.414. The number of aryl methyl sites for hydroxylation is 2. The summed E-state index contributed by atoms with van der Waals surface area (Å²) in [7, 11) is 3.37. The van der Waals surface area contributed by atoms with Crippen molar-refractivity contribution in [1.82, 2.24) is 0 Å². The highest BCUT2D eigenvalue weighted by molar-refractivity contribution is 5.82. The van der Waals surface area contributed by atoms with Crippen LogP contribution in [0.2, 0.25) is 0 Å². The van der Waals surface area contributed by atoms with Crippen molar-refractivity contribution >= 4 is 70.6 Å². The molecule has 0 N–H and O–H groups in total. The molecule has 0 unspecified atom stereocenters. The zero-order valence-electron chi connectivity index (χ0n) is 35.7. The number of anilines is 6. The number of nitrogens with zero attached hydrogens (tertiary/aromatic N) is 2. The Morgan fingerprint density at radius 1 is 0.258 bits per heavy atom. The van der Waals surface area contributed by atoms with Gasteiger partial charge in [-0.15, -0.1) is 0 Å². The number of hydrogen-bond acceptors (Lipinski definition) is 4. The van der Waals surface area contributed by atoms with Crippen LogP contribution in [0.4, 0.5) is 34.1 Å². The van der Waals surface area contributed by atoms with Crippen LogP contribution in [0.3, 0.4) is 0 Å². The highest BCUT2D eigenvalue weighted by Crippen LogP contribution is 2.37. The summed E-state index contributed by atoms with van der Waals surface area (Å²) in [6.07, 6.45) is 12.9. The minimum Gasteiger partial charge on any atom is -0.497 e. The molecule has 0 aliphatic rings. The number of methoxy groups -OCH3 is 2. The molecule has 62 heavy (non-hydrogen) atoms. The quantitative estimate of drug-likeness (QED) is 0.102. The van der Waals surface area contributed by atoms with Gasteiger partial charge in [0.2, 0.25) is 0 Å². The van der Waals surface area contributed by atoms with Gasteiger partial charge in [0.05, 0.1) is 14.2 Å². The summed E-state index contributed by atoms with van der Waals surface area (Å²) >= 11 is 0. The minimum atomic E-state index is 0.855. The molecule has 0 bridgehead atoms. The predicted molar refractivity (Wildman–Crippen MR) is 264 cm³/mol. The molecular formula is C58H50N2O2. The maximum Gasteiger partial charge on any atom is 0.118 e. The van der Waals surface area contributed by atoms with Gasteiger partial charge in [-0.3, -0.25) is 0 Å². The largest absolute Gasteiger partial charge is 0.497 e. The predicted octanol–water partition coefficient (Wildman–Crippen LogP) is 15.8. The van der Waals surface area contributed by atoms with Gasteiger partial charge in [0.25, 0.3) is 0 Å². The molecule has 0 heterocycles. The lowest BCUT2D eigenvalue weighted by atomic mass is 10.1. The standard InChI is InChI=1S/C58H50N2O2/c1-43-5-27-51(28-6-43)59(55-35-19-47(20-36-55)11-13-49-23-39-57(61-3)40-24-49)53-31-15-45(16-32-53)9-10-46-17-33-54(34-18-46)60(52-29-7-44(2)8-30-52)56-37-21-48(22-38-56)12-14-50-25-41-58(62-4)42-26-50/h5-42H,1-4H3/b10-9+,13-11+,14-12+. The number of hydrogen-bond donors (Lipinski definition) is 0. The van der Waals surface area contributed by atoms with Crippen molar-refractivity contribution in [2.45, 2.75) is 13.8 Å². The van der Waals surface area contributed by atoms with E-state index in [9.17, 15) is 0 Å². The van der Waals surface area contributed by atoms with Crippen LogP contribution >= 0.6 is 0 Å². The van der Waals surface area contributed by atoms with Gasteiger partial charge in [-0.2, -0.15) is 0 Å². The second kappa shape index (κ2) is 19.5. The van der Waals surface area contributed by atoms with Crippen LogP contribution in [0.25, 0.3) is 36.5 Å². The molecular weight excluding hydrogens is 757 g/mol. The Kier molecular flexibility index (Phi) is 12.9. The highest BCUT2D eigenvalue weighted by atomic mass is 16.5. The SMILES string of the molecule is COc1ccc(/C=C/c2ccc(N(c3ccc(C)cc3)c3ccc(/C=C/c4ccc(N(c5ccc(C)cc5)c5ccc(/C=C/c6ccc(OC)cc6)cc5)cc4)cc3)cc2)cc1. The van der Waals surface area contributed by atoms with E-state index >= 15 is 0 Å². The van der Waals surface area contributed by atoms with Gasteiger partial charge in [0, 0.05) is 34.1 Å². The maximum atomic E-state index is 5.30. The van der Waals surface area contributed by atoms with Crippen molar-refractivity contribution < 1.29 is 9.47 Å². The van der Waals surface area contributed by atoms with E-state index < -0.39 is 0 Å². The normalized spacial score (nSPS) is 11.4. The lowest BCUT2D eigenvalue weighted by Gasteiger charge is -2.26. The molecule has 0 aromatic heterocycles. The summed E-state index contributed by atoms with van der Waals surface area (Å²) < 4.78 is 10.6. The Hall–Kier alpha value is -7.82. The molecule has 0 atom stereocenters. The van der Waals surface area contributed by atoms with E-state index in [1.54, 1.807) is 14.2 Å². The van der Waals surface area contributed by atoms with Gasteiger partial charge in [-0.1, -0.05) is 145 Å². The summed E-state index contributed by atoms with van der Waals surface area (Å²) in [4.78, 5) is 4.60. The molecule has 0 saturated carbocycles. The van der Waals surface area contributed by atoms with Crippen LogP contribution < -0.4 is 19.3 Å². The van der Waals surface area contributed by atoms with E-state index in [4.69, 9.17) is 9.47 Å². The molecule has 0 spiro atoms. The first-order valence-corrected chi connectivity index (χ1v) is 20.9. The van der Waals surface area contributed by atoms with Gasteiger partial charge < -0.3 is 19.3 Å². The number of ether oxygens (including phenoxy) is 2. The van der Waals surface area contributed by atoms with Crippen LogP contribution in [0.15, 0.2) is 194 Å². The van der Waals surface area contributed by atoms with E-state index in [2.05, 4.69) is 230 Å². The zero-order valence-corrected chi connectivity index (χ0v) is 35.7. The summed E-state index contributed by atoms with van der Waals surface area (Å²) in [5.41, 5.74) is 15.8. The monoisotopic (exact) mass is 806 g/mol. The van der Waals surface area contributed by atoms with Crippen LogP contribution in [0.1, 0.15) is 44.5 Å². The molecule has 8 rings (SSSR count). The zero-order chi connectivity index (χ0) is 42.7. The van der Waals surface area contributed by atoms with E-state index in [0.29, 0.717) is 0 Å². The first kappa shape index (κ1) is 40.9. The van der Waals surface area contributed by atoms with Gasteiger partial charge in [0.15, 0.2) is 0 Å². The molecule has 4 heteroatoms. The third kappa shape index (κ3) is 10.3. The van der Waals surface area contributed by atoms with Gasteiger partial charge in [-0.05, 0) is 144 Å². The second-order valence-electron chi connectivity index (χ2n) is 15.3. The Balaban J connectivity index is 0.981. The molecule has 4 nitrogen and oxygen atoms in total. The van der Waals surface area contributed by atoms with Crippen LogP contribution in [0, 0.1) is 13.8 Å². The molecule has 0 fully saturated rings. The third-order valence-corrected chi connectivity index (χ3v) is 10.8. The molecule has 0 aliphatic carbocycles. The van der Waals surface area contributed by atoms with Crippen LogP contribution in [0.5, 0.6) is 11.5 Å². The summed E-state index contributed by atoms with van der Waals surface area (Å²) in [6.45, 7) is 4.24. The van der Waals surface area contributed by atoms with E-state index in [1.165, 1.54) is 11.1 Å². The number of rotatable bonds is 14. The molecule has 0 amide bonds. The maximum absolute atomic E-state index is 5.30. The average molecular weight is 807 g/mol. The molecule has 0 aliphatic heterocycles. The Labute approximate surface area is 366 Å². The van der Waals surface area contributed by atoms with Crippen LogP contribution in [-0.2, 0) is 0 Å². The van der Waals surface area contributed by atoms with Gasteiger partial charge >= 0.3 is 0 Å². The summed E-state index contributed by atoms with van der Waals surface area (Å²) in [5.74, 6) is 1.71. The molecule has 0 radical (unpaired) electrons. The van der Waals surface area contributed by atoms with E-state index in [-0.39, 0.29) is 0 Å². The van der Waals surface area contributed by atoms with Crippen molar-refractivity contribution in [3.05, 3.63) is 239 Å². The molecule has 0 saturated heterocycles. The van der Waals surface area contributed by atoms with E-state index in [1.807, 2.05) is 24.3 Å². The van der Waals surface area contributed by atoms with Crippen molar-refractivity contribution in [2.75, 3.05) is 24.0 Å². The van der Waals surface area contributed by atoms with Crippen LogP contribution in [-0.4, -0.2) is 14.2 Å². The average Bonchev–Trinajstić information content (AvgIpc) is 3.33. The fraction of sp³-hybridized carbons (Fsp3) is 0.0690. The molecule has 8 aromatic rings. The lowest BCUT2D eigenvalue weighted by Crippen LogP contribution is -2.09. The summed E-state index contributed by atoms with van der Waals surface area (Å²) in [5, 5.41) is 0. The second-order valence-corrected chi connectivity index (χ2v) is 15.3. The highest BCUT2D eigenvalue weighted by Gasteiger charge is 2.14. The Bertz CT molecular complexity index is 2550. The number of benzene rings is 8. The Morgan fingerprint density at radius 2 is 0.435 bits per heavy atom. The van der Waals surface area contributed by atoms with Crippen molar-refractivity contribution in [2.24, 2.45) is 0 Å². The first-order chi connectivity index (χ1) is 30.4. The van der Waals surface area contributed by atoms with Gasteiger partial charge in [0.1, 0.15) is 11.5 Å². The van der Waals surface area contributed by atoms with Crippen molar-refractivity contribution in [3.8, 4) is 11.5 Å². The third-order valence-electron chi connectivity index (χ3n) is 10.8.